The first-order valence-electron chi connectivity index (χ1n) is 8.69. The minimum atomic E-state index is -0.338. The van der Waals surface area contributed by atoms with Crippen molar-refractivity contribution >= 4 is 35.0 Å². The minimum Gasteiger partial charge on any atom is -0.326 e. The lowest BCUT2D eigenvalue weighted by atomic mass is 10.2. The van der Waals surface area contributed by atoms with Crippen molar-refractivity contribution in [3.05, 3.63) is 54.3 Å². The summed E-state index contributed by atoms with van der Waals surface area (Å²) in [7, 11) is 0. The van der Waals surface area contributed by atoms with Gasteiger partial charge in [0.2, 0.25) is 11.8 Å². The Hall–Kier alpha value is -2.34. The van der Waals surface area contributed by atoms with E-state index in [9.17, 15) is 14.0 Å². The van der Waals surface area contributed by atoms with Gasteiger partial charge in [0.1, 0.15) is 5.82 Å². The molecule has 4 nitrogen and oxygen atoms in total. The Morgan fingerprint density at radius 2 is 1.85 bits per heavy atom. The molecule has 3 rings (SSSR count). The molecule has 1 atom stereocenters. The summed E-state index contributed by atoms with van der Waals surface area (Å²) in [4.78, 5) is 25.3. The van der Waals surface area contributed by atoms with Crippen LogP contribution in [-0.4, -0.2) is 17.1 Å². The molecule has 136 valence electrons. The van der Waals surface area contributed by atoms with Crippen molar-refractivity contribution in [1.82, 2.24) is 0 Å². The summed E-state index contributed by atoms with van der Waals surface area (Å²) in [6.45, 7) is 1.95. The number of benzene rings is 2. The van der Waals surface area contributed by atoms with Gasteiger partial charge in [0.15, 0.2) is 0 Å². The molecule has 0 spiro atoms. The number of anilines is 2. The predicted molar refractivity (Wildman–Crippen MR) is 103 cm³/mol. The Morgan fingerprint density at radius 3 is 2.50 bits per heavy atom. The Kier molecular flexibility index (Phi) is 5.93. The van der Waals surface area contributed by atoms with E-state index in [0.717, 1.165) is 23.4 Å². The lowest BCUT2D eigenvalue weighted by Crippen LogP contribution is -2.24. The fourth-order valence-electron chi connectivity index (χ4n) is 2.48. The summed E-state index contributed by atoms with van der Waals surface area (Å²) >= 11 is 1.45. The van der Waals surface area contributed by atoms with E-state index >= 15 is 0 Å². The maximum atomic E-state index is 13.0. The Bertz CT molecular complexity index is 791. The quantitative estimate of drug-likeness (QED) is 0.694. The summed E-state index contributed by atoms with van der Waals surface area (Å²) in [5.74, 6) is -0.254. The molecule has 2 aromatic carbocycles. The topological polar surface area (TPSA) is 58.2 Å². The van der Waals surface area contributed by atoms with Crippen LogP contribution in [0.2, 0.25) is 0 Å². The van der Waals surface area contributed by atoms with Crippen LogP contribution in [0, 0.1) is 11.7 Å². The molecule has 1 unspecified atom stereocenters. The van der Waals surface area contributed by atoms with E-state index in [1.54, 1.807) is 12.1 Å². The van der Waals surface area contributed by atoms with Gasteiger partial charge in [-0.1, -0.05) is 13.0 Å². The molecule has 26 heavy (non-hydrogen) atoms. The second-order valence-corrected chi connectivity index (χ2v) is 7.58. The number of thioether (sulfide) groups is 1. The maximum Gasteiger partial charge on any atom is 0.237 e. The first-order valence-corrected chi connectivity index (χ1v) is 9.57. The Labute approximate surface area is 156 Å². The third-order valence-corrected chi connectivity index (χ3v) is 5.46. The van der Waals surface area contributed by atoms with Gasteiger partial charge < -0.3 is 10.6 Å². The van der Waals surface area contributed by atoms with Crippen molar-refractivity contribution in [2.75, 3.05) is 10.6 Å². The average molecular weight is 372 g/mol. The summed E-state index contributed by atoms with van der Waals surface area (Å²) in [5, 5.41) is 5.45. The third-order valence-electron chi connectivity index (χ3n) is 4.10. The molecule has 0 bridgehead atoms. The number of nitrogens with one attached hydrogen (secondary N) is 2. The highest BCUT2D eigenvalue weighted by Gasteiger charge is 2.29. The van der Waals surface area contributed by atoms with Gasteiger partial charge in [0.05, 0.1) is 5.25 Å². The first-order chi connectivity index (χ1) is 12.5. The maximum absolute atomic E-state index is 13.0. The van der Waals surface area contributed by atoms with Crippen LogP contribution in [-0.2, 0) is 9.59 Å². The van der Waals surface area contributed by atoms with Crippen LogP contribution >= 0.6 is 11.8 Å². The van der Waals surface area contributed by atoms with Crippen molar-refractivity contribution in [2.45, 2.75) is 36.3 Å². The number of carbonyl (C=O) groups is 2. The standard InChI is InChI=1S/C20H21FN2O2S/c1-2-18(20(25)22-15-10-8-14(21)9-11-15)26-17-5-3-4-16(12-17)23-19(24)13-6-7-13/h3-5,8-13,18H,2,6-7H2,1H3,(H,22,25)(H,23,24). The van der Waals surface area contributed by atoms with Gasteiger partial charge in [-0.2, -0.15) is 0 Å². The van der Waals surface area contributed by atoms with Crippen molar-refractivity contribution in [2.24, 2.45) is 5.92 Å². The van der Waals surface area contributed by atoms with Crippen molar-refractivity contribution in [3.63, 3.8) is 0 Å². The minimum absolute atomic E-state index is 0.0632. The highest BCUT2D eigenvalue weighted by atomic mass is 32.2. The van der Waals surface area contributed by atoms with Crippen LogP contribution in [0.15, 0.2) is 53.4 Å². The van der Waals surface area contributed by atoms with E-state index in [1.807, 2.05) is 31.2 Å². The molecule has 0 aliphatic heterocycles. The number of amides is 2. The van der Waals surface area contributed by atoms with Crippen LogP contribution in [0.5, 0.6) is 0 Å². The van der Waals surface area contributed by atoms with Gasteiger partial charge in [-0.3, -0.25) is 9.59 Å². The second-order valence-electron chi connectivity index (χ2n) is 6.30. The van der Waals surface area contributed by atoms with Crippen LogP contribution in [0.3, 0.4) is 0 Å². The summed E-state index contributed by atoms with van der Waals surface area (Å²) in [6.07, 6.45) is 2.57. The SMILES string of the molecule is CCC(Sc1cccc(NC(=O)C2CC2)c1)C(=O)Nc1ccc(F)cc1. The molecule has 0 radical (unpaired) electrons. The Morgan fingerprint density at radius 1 is 1.12 bits per heavy atom. The van der Waals surface area contributed by atoms with E-state index in [2.05, 4.69) is 10.6 Å². The summed E-state index contributed by atoms with van der Waals surface area (Å²) < 4.78 is 13.0. The molecule has 2 N–H and O–H groups in total. The molecular weight excluding hydrogens is 351 g/mol. The van der Waals surface area contributed by atoms with E-state index in [1.165, 1.54) is 23.9 Å². The fraction of sp³-hybridized carbons (Fsp3) is 0.300. The highest BCUT2D eigenvalue weighted by Crippen LogP contribution is 2.32. The van der Waals surface area contributed by atoms with Gasteiger partial charge in [-0.25, -0.2) is 4.39 Å². The average Bonchev–Trinajstić information content (AvgIpc) is 3.47. The number of carbonyl (C=O) groups excluding carboxylic acids is 2. The Balaban J connectivity index is 1.62. The smallest absolute Gasteiger partial charge is 0.237 e. The lowest BCUT2D eigenvalue weighted by Gasteiger charge is -2.15. The van der Waals surface area contributed by atoms with Gasteiger partial charge in [-0.05, 0) is 61.7 Å². The molecule has 1 saturated carbocycles. The van der Waals surface area contributed by atoms with Crippen LogP contribution in [0.25, 0.3) is 0 Å². The number of hydrogen-bond donors (Lipinski definition) is 2. The zero-order valence-electron chi connectivity index (χ0n) is 14.5. The number of halogens is 1. The van der Waals surface area contributed by atoms with E-state index in [0.29, 0.717) is 12.1 Å². The lowest BCUT2D eigenvalue weighted by molar-refractivity contribution is -0.117. The van der Waals surface area contributed by atoms with Crippen molar-refractivity contribution < 1.29 is 14.0 Å². The second kappa shape index (κ2) is 8.36. The van der Waals surface area contributed by atoms with E-state index in [-0.39, 0.29) is 28.8 Å². The fourth-order valence-corrected chi connectivity index (χ4v) is 3.49. The molecule has 1 aliphatic rings. The predicted octanol–water partition coefficient (Wildman–Crippen LogP) is 4.68. The summed E-state index contributed by atoms with van der Waals surface area (Å²) in [6, 6.07) is 13.2. The molecule has 0 heterocycles. The highest BCUT2D eigenvalue weighted by molar-refractivity contribution is 8.00. The monoisotopic (exact) mass is 372 g/mol. The number of hydrogen-bond acceptors (Lipinski definition) is 3. The van der Waals surface area contributed by atoms with E-state index in [4.69, 9.17) is 0 Å². The van der Waals surface area contributed by atoms with E-state index < -0.39 is 0 Å². The molecule has 2 aromatic rings. The molecule has 1 aliphatic carbocycles. The van der Waals surface area contributed by atoms with Crippen LogP contribution in [0.4, 0.5) is 15.8 Å². The zero-order valence-corrected chi connectivity index (χ0v) is 15.3. The van der Waals surface area contributed by atoms with Crippen LogP contribution < -0.4 is 10.6 Å². The first kappa shape index (κ1) is 18.5. The van der Waals surface area contributed by atoms with Gasteiger partial charge in [-0.15, -0.1) is 11.8 Å². The molecular formula is C20H21FN2O2S. The third kappa shape index (κ3) is 5.08. The summed E-state index contributed by atoms with van der Waals surface area (Å²) in [5.41, 5.74) is 1.32. The van der Waals surface area contributed by atoms with Gasteiger partial charge in [0.25, 0.3) is 0 Å². The van der Waals surface area contributed by atoms with Crippen LogP contribution in [0.1, 0.15) is 26.2 Å². The van der Waals surface area contributed by atoms with Crippen molar-refractivity contribution in [3.8, 4) is 0 Å². The normalized spacial score (nSPS) is 14.5. The largest absolute Gasteiger partial charge is 0.326 e. The van der Waals surface area contributed by atoms with Crippen molar-refractivity contribution in [1.29, 1.82) is 0 Å². The molecule has 0 aromatic heterocycles. The molecule has 2 amide bonds. The molecule has 0 saturated heterocycles. The molecule has 1 fully saturated rings. The van der Waals surface area contributed by atoms with Gasteiger partial charge >= 0.3 is 0 Å². The zero-order chi connectivity index (χ0) is 18.5. The number of rotatable bonds is 7. The molecule has 6 heteroatoms. The van der Waals surface area contributed by atoms with Gasteiger partial charge in [0, 0.05) is 22.2 Å².